The van der Waals surface area contributed by atoms with Gasteiger partial charge < -0.3 is 15.2 Å². The van der Waals surface area contributed by atoms with E-state index in [9.17, 15) is 18.8 Å². The van der Waals surface area contributed by atoms with Crippen molar-refractivity contribution in [1.82, 2.24) is 10.6 Å². The van der Waals surface area contributed by atoms with Crippen molar-refractivity contribution in [1.29, 1.82) is 0 Å². The third kappa shape index (κ3) is 3.67. The zero-order valence-corrected chi connectivity index (χ0v) is 10.8. The molecule has 0 bridgehead atoms. The molecule has 1 aromatic carbocycles. The Morgan fingerprint density at radius 3 is 2.55 bits per heavy atom. The summed E-state index contributed by atoms with van der Waals surface area (Å²) < 4.78 is 18.5. The number of rotatable bonds is 4. The Balaban J connectivity index is 2.88. The van der Waals surface area contributed by atoms with E-state index in [1.807, 2.05) is 5.32 Å². The Morgan fingerprint density at radius 1 is 1.35 bits per heavy atom. The van der Waals surface area contributed by atoms with Crippen LogP contribution in [0.15, 0.2) is 18.2 Å². The van der Waals surface area contributed by atoms with Crippen LogP contribution in [0, 0.1) is 5.82 Å². The van der Waals surface area contributed by atoms with Crippen LogP contribution in [0.4, 0.5) is 9.18 Å². The highest BCUT2D eigenvalue weighted by Gasteiger charge is 2.22. The van der Waals surface area contributed by atoms with Gasteiger partial charge in [0, 0.05) is 7.05 Å². The molecule has 8 heteroatoms. The van der Waals surface area contributed by atoms with Gasteiger partial charge in [0.25, 0.3) is 5.91 Å². The third-order valence-corrected chi connectivity index (χ3v) is 2.33. The molecular weight excluding hydrogens is 271 g/mol. The van der Waals surface area contributed by atoms with Gasteiger partial charge in [-0.3, -0.25) is 10.1 Å². The van der Waals surface area contributed by atoms with Crippen LogP contribution in [0.2, 0.25) is 0 Å². The lowest BCUT2D eigenvalue weighted by Crippen LogP contribution is -2.44. The molecule has 0 aliphatic carbocycles. The fraction of sp³-hybridized carbons (Fsp3) is 0.250. The number of carboxylic acid groups (broad SMARTS) is 1. The summed E-state index contributed by atoms with van der Waals surface area (Å²) in [6.45, 7) is 1.30. The summed E-state index contributed by atoms with van der Waals surface area (Å²) in [6.07, 6.45) is -1.17. The minimum Gasteiger partial charge on any atom is -0.480 e. The van der Waals surface area contributed by atoms with E-state index in [4.69, 9.17) is 9.84 Å². The quantitative estimate of drug-likeness (QED) is 0.756. The Labute approximate surface area is 113 Å². The number of carboxylic acids is 1. The fourth-order valence-corrected chi connectivity index (χ4v) is 1.33. The lowest BCUT2D eigenvalue weighted by Gasteiger charge is -2.15. The van der Waals surface area contributed by atoms with E-state index in [1.165, 1.54) is 26.1 Å². The number of ether oxygens (including phenoxy) is 1. The minimum absolute atomic E-state index is 0.294. The van der Waals surface area contributed by atoms with E-state index < -0.39 is 35.4 Å². The molecule has 0 heterocycles. The van der Waals surface area contributed by atoms with Gasteiger partial charge in [-0.2, -0.15) is 0 Å². The Morgan fingerprint density at radius 2 is 2.00 bits per heavy atom. The molecule has 7 nitrogen and oxygen atoms in total. The number of carbonyl (C=O) groups is 3. The van der Waals surface area contributed by atoms with Gasteiger partial charge >= 0.3 is 12.0 Å². The van der Waals surface area contributed by atoms with E-state index >= 15 is 0 Å². The number of benzene rings is 1. The number of amides is 3. The van der Waals surface area contributed by atoms with Crippen LogP contribution in [-0.4, -0.2) is 36.2 Å². The first kappa shape index (κ1) is 15.4. The highest BCUT2D eigenvalue weighted by atomic mass is 19.1. The average Bonchev–Trinajstić information content (AvgIpc) is 2.37. The summed E-state index contributed by atoms with van der Waals surface area (Å²) >= 11 is 0. The monoisotopic (exact) mass is 284 g/mol. The van der Waals surface area contributed by atoms with Gasteiger partial charge in [0.15, 0.2) is 6.10 Å². The maximum atomic E-state index is 13.4. The number of urea groups is 1. The van der Waals surface area contributed by atoms with Crippen molar-refractivity contribution in [3.8, 4) is 5.75 Å². The average molecular weight is 284 g/mol. The Kier molecular flexibility index (Phi) is 5.01. The maximum Gasteiger partial charge on any atom is 0.342 e. The second-order valence-electron chi connectivity index (χ2n) is 3.75. The van der Waals surface area contributed by atoms with E-state index in [-0.39, 0.29) is 5.75 Å². The van der Waals surface area contributed by atoms with Crippen LogP contribution in [-0.2, 0) is 4.79 Å². The molecule has 3 amide bonds. The highest BCUT2D eigenvalue weighted by Crippen LogP contribution is 2.22. The molecule has 0 aromatic heterocycles. The summed E-state index contributed by atoms with van der Waals surface area (Å²) in [5.74, 6) is -3.58. The molecule has 3 N–H and O–H groups in total. The van der Waals surface area contributed by atoms with Crippen LogP contribution >= 0.6 is 0 Å². The number of hydrogen-bond acceptors (Lipinski definition) is 4. The molecule has 1 unspecified atom stereocenters. The first-order chi connectivity index (χ1) is 9.36. The number of halogens is 1. The minimum atomic E-state index is -1.52. The number of imide groups is 1. The molecule has 0 aliphatic heterocycles. The van der Waals surface area contributed by atoms with Crippen LogP contribution in [0.3, 0.4) is 0 Å². The zero-order chi connectivity index (χ0) is 15.3. The summed E-state index contributed by atoms with van der Waals surface area (Å²) in [4.78, 5) is 33.4. The summed E-state index contributed by atoms with van der Waals surface area (Å²) in [6, 6.07) is 2.70. The zero-order valence-electron chi connectivity index (χ0n) is 10.8. The molecule has 1 rings (SSSR count). The first-order valence-electron chi connectivity index (χ1n) is 5.57. The topological polar surface area (TPSA) is 105 Å². The van der Waals surface area contributed by atoms with Crippen molar-refractivity contribution < 1.29 is 28.6 Å². The molecule has 1 aromatic rings. The molecule has 0 spiro atoms. The molecule has 0 aliphatic rings. The molecule has 0 radical (unpaired) electrons. The van der Waals surface area contributed by atoms with Gasteiger partial charge in [-0.1, -0.05) is 6.07 Å². The number of hydrogen-bond donors (Lipinski definition) is 3. The van der Waals surface area contributed by atoms with Gasteiger partial charge in [0.05, 0.1) is 0 Å². The molecule has 0 saturated carbocycles. The smallest absolute Gasteiger partial charge is 0.342 e. The molecule has 20 heavy (non-hydrogen) atoms. The van der Waals surface area contributed by atoms with Crippen molar-refractivity contribution in [2.45, 2.75) is 13.0 Å². The second kappa shape index (κ2) is 6.50. The lowest BCUT2D eigenvalue weighted by atomic mass is 10.2. The standard InChI is InChI=1S/C12H13FN2O5/c1-6(10(16)15-12(19)14-2)20-8-5-3-4-7(13)9(8)11(17)18/h3-6H,1-2H3,(H,17,18)(H2,14,15,16,19). The Hall–Kier alpha value is -2.64. The normalized spacial score (nSPS) is 11.3. The van der Waals surface area contributed by atoms with Gasteiger partial charge in [-0.25, -0.2) is 14.0 Å². The first-order valence-corrected chi connectivity index (χ1v) is 5.57. The van der Waals surface area contributed by atoms with Crippen molar-refractivity contribution in [2.75, 3.05) is 7.05 Å². The van der Waals surface area contributed by atoms with Crippen LogP contribution in [0.25, 0.3) is 0 Å². The number of aromatic carboxylic acids is 1. The molecule has 108 valence electrons. The van der Waals surface area contributed by atoms with Gasteiger partial charge in [-0.05, 0) is 19.1 Å². The number of nitrogens with one attached hydrogen (secondary N) is 2. The van der Waals surface area contributed by atoms with Crippen molar-refractivity contribution in [3.05, 3.63) is 29.6 Å². The summed E-state index contributed by atoms with van der Waals surface area (Å²) in [5, 5.41) is 13.0. The third-order valence-electron chi connectivity index (χ3n) is 2.33. The van der Waals surface area contributed by atoms with Gasteiger partial charge in [0.2, 0.25) is 0 Å². The largest absolute Gasteiger partial charge is 0.480 e. The van der Waals surface area contributed by atoms with Crippen LogP contribution in [0.5, 0.6) is 5.75 Å². The van der Waals surface area contributed by atoms with Crippen LogP contribution in [0.1, 0.15) is 17.3 Å². The van der Waals surface area contributed by atoms with Crippen molar-refractivity contribution >= 4 is 17.9 Å². The van der Waals surface area contributed by atoms with E-state index in [0.717, 1.165) is 6.07 Å². The highest BCUT2D eigenvalue weighted by molar-refractivity contribution is 5.96. The Bertz CT molecular complexity index is 547. The molecule has 1 atom stereocenters. The van der Waals surface area contributed by atoms with E-state index in [1.54, 1.807) is 0 Å². The van der Waals surface area contributed by atoms with E-state index in [2.05, 4.69) is 5.32 Å². The van der Waals surface area contributed by atoms with Gasteiger partial charge in [0.1, 0.15) is 17.1 Å². The molecule has 0 fully saturated rings. The predicted molar refractivity (Wildman–Crippen MR) is 66.0 cm³/mol. The number of carbonyl (C=O) groups excluding carboxylic acids is 2. The SMILES string of the molecule is CNC(=O)NC(=O)C(C)Oc1cccc(F)c1C(=O)O. The van der Waals surface area contributed by atoms with E-state index in [0.29, 0.717) is 0 Å². The maximum absolute atomic E-state index is 13.4. The fourth-order valence-electron chi connectivity index (χ4n) is 1.33. The summed E-state index contributed by atoms with van der Waals surface area (Å²) in [5.41, 5.74) is -0.674. The van der Waals surface area contributed by atoms with Crippen molar-refractivity contribution in [2.24, 2.45) is 0 Å². The summed E-state index contributed by atoms with van der Waals surface area (Å²) in [7, 11) is 1.32. The second-order valence-corrected chi connectivity index (χ2v) is 3.75. The molecular formula is C12H13FN2O5. The lowest BCUT2D eigenvalue weighted by molar-refractivity contribution is -0.126. The van der Waals surface area contributed by atoms with Crippen molar-refractivity contribution in [3.63, 3.8) is 0 Å². The van der Waals surface area contributed by atoms with Crippen LogP contribution < -0.4 is 15.4 Å². The van der Waals surface area contributed by atoms with Gasteiger partial charge in [-0.15, -0.1) is 0 Å². The molecule has 0 saturated heterocycles. The predicted octanol–water partition coefficient (Wildman–Crippen LogP) is 0.747.